The van der Waals surface area contributed by atoms with E-state index in [-0.39, 0.29) is 6.42 Å². The minimum Gasteiger partial charge on any atom is -0.478 e. The Morgan fingerprint density at radius 1 is 1.23 bits per heavy atom. The van der Waals surface area contributed by atoms with Crippen molar-refractivity contribution in [3.63, 3.8) is 0 Å². The Bertz CT molecular complexity index is 762. The summed E-state index contributed by atoms with van der Waals surface area (Å²) < 4.78 is 5.65. The fourth-order valence-corrected chi connectivity index (χ4v) is 3.02. The van der Waals surface area contributed by atoms with Crippen LogP contribution in [-0.2, 0) is 9.59 Å². The summed E-state index contributed by atoms with van der Waals surface area (Å²) in [6.07, 6.45) is 0.333. The molecule has 7 heteroatoms. The quantitative estimate of drug-likeness (QED) is 0.661. The van der Waals surface area contributed by atoms with Gasteiger partial charge in [0.1, 0.15) is 11.2 Å². The Labute approximate surface area is 152 Å². The van der Waals surface area contributed by atoms with Crippen molar-refractivity contribution in [3.8, 4) is 17.0 Å². The number of carbonyl (C=O) groups is 2. The van der Waals surface area contributed by atoms with Crippen LogP contribution in [0.5, 0.6) is 5.75 Å². The second-order valence-electron chi connectivity index (χ2n) is 6.12. The maximum Gasteiger partial charge on any atom is 0.346 e. The Balaban J connectivity index is 2.33. The molecule has 0 saturated carbocycles. The van der Waals surface area contributed by atoms with Crippen LogP contribution in [0.15, 0.2) is 48.7 Å². The molecule has 2 rings (SSSR count). The second kappa shape index (κ2) is 7.97. The maximum absolute atomic E-state index is 12.1. The topological polar surface area (TPSA) is 129 Å². The molecule has 0 aliphatic heterocycles. The van der Waals surface area contributed by atoms with Gasteiger partial charge in [0.2, 0.25) is 12.0 Å². The fraction of sp³-hybridized carbons (Fsp3) is 0.316. The van der Waals surface area contributed by atoms with Gasteiger partial charge in [0.15, 0.2) is 0 Å². The molecule has 2 aromatic rings. The van der Waals surface area contributed by atoms with Crippen molar-refractivity contribution in [2.75, 3.05) is 0 Å². The Hall–Kier alpha value is -2.93. The van der Waals surface area contributed by atoms with E-state index < -0.39 is 29.4 Å². The zero-order chi connectivity index (χ0) is 19.3. The molecule has 7 nitrogen and oxygen atoms in total. The highest BCUT2D eigenvalue weighted by Crippen LogP contribution is 2.33. The van der Waals surface area contributed by atoms with Crippen LogP contribution in [0.25, 0.3) is 11.3 Å². The molecule has 138 valence electrons. The Morgan fingerprint density at radius 3 is 2.31 bits per heavy atom. The van der Waals surface area contributed by atoms with Gasteiger partial charge in [0.05, 0.1) is 5.69 Å². The molecule has 0 fully saturated rings. The SMILES string of the molecule is CCC(C(N)=O)(C(C)N)C(Oc1ccc(-c2ccccn2)cc1)C(=O)O. The van der Waals surface area contributed by atoms with Crippen molar-refractivity contribution in [2.24, 2.45) is 16.9 Å². The number of ether oxygens (including phenoxy) is 1. The van der Waals surface area contributed by atoms with Crippen LogP contribution in [0.4, 0.5) is 0 Å². The lowest BCUT2D eigenvalue weighted by Gasteiger charge is -2.37. The van der Waals surface area contributed by atoms with E-state index in [0.717, 1.165) is 11.3 Å². The third-order valence-electron chi connectivity index (χ3n) is 4.62. The average Bonchev–Trinajstić information content (AvgIpc) is 2.62. The second-order valence-corrected chi connectivity index (χ2v) is 6.12. The molecule has 0 bridgehead atoms. The van der Waals surface area contributed by atoms with Crippen LogP contribution in [-0.4, -0.2) is 34.1 Å². The van der Waals surface area contributed by atoms with Crippen molar-refractivity contribution in [1.82, 2.24) is 4.98 Å². The first-order chi connectivity index (χ1) is 12.3. The number of pyridine rings is 1. The summed E-state index contributed by atoms with van der Waals surface area (Å²) in [4.78, 5) is 28.1. The van der Waals surface area contributed by atoms with Gasteiger partial charge in [-0.2, -0.15) is 0 Å². The highest BCUT2D eigenvalue weighted by molar-refractivity contribution is 5.89. The first-order valence-corrected chi connectivity index (χ1v) is 8.29. The number of carboxylic acid groups (broad SMARTS) is 1. The van der Waals surface area contributed by atoms with Crippen molar-refractivity contribution >= 4 is 11.9 Å². The molecular weight excluding hydrogens is 334 g/mol. The summed E-state index contributed by atoms with van der Waals surface area (Å²) in [6.45, 7) is 3.22. The predicted octanol–water partition coefficient (Wildman–Crippen LogP) is 1.81. The van der Waals surface area contributed by atoms with Crippen LogP contribution >= 0.6 is 0 Å². The number of carbonyl (C=O) groups excluding carboxylic acids is 1. The van der Waals surface area contributed by atoms with Crippen LogP contribution in [0.2, 0.25) is 0 Å². The number of benzene rings is 1. The standard InChI is InChI=1S/C19H23N3O4/c1-3-19(12(2)20,18(21)25)16(17(23)24)26-14-9-7-13(8-10-14)15-6-4-5-11-22-15/h4-12,16H,3,20H2,1-2H3,(H2,21,25)(H,23,24). The molecule has 1 amide bonds. The number of primary amides is 1. The smallest absolute Gasteiger partial charge is 0.346 e. The number of aliphatic carboxylic acids is 1. The third-order valence-corrected chi connectivity index (χ3v) is 4.62. The number of hydrogen-bond acceptors (Lipinski definition) is 5. The third kappa shape index (κ3) is 3.67. The monoisotopic (exact) mass is 357 g/mol. The lowest BCUT2D eigenvalue weighted by atomic mass is 9.73. The summed E-state index contributed by atoms with van der Waals surface area (Å²) in [7, 11) is 0. The van der Waals surface area contributed by atoms with Gasteiger partial charge in [-0.15, -0.1) is 0 Å². The summed E-state index contributed by atoms with van der Waals surface area (Å²) in [5, 5.41) is 9.63. The molecule has 5 N–H and O–H groups in total. The van der Waals surface area contributed by atoms with E-state index in [1.807, 2.05) is 18.2 Å². The van der Waals surface area contributed by atoms with Gasteiger partial charge >= 0.3 is 5.97 Å². The zero-order valence-electron chi connectivity index (χ0n) is 14.8. The normalized spacial score (nSPS) is 15.5. The van der Waals surface area contributed by atoms with E-state index in [9.17, 15) is 14.7 Å². The van der Waals surface area contributed by atoms with Gasteiger partial charge in [-0.25, -0.2) is 4.79 Å². The van der Waals surface area contributed by atoms with Gasteiger partial charge < -0.3 is 21.3 Å². The van der Waals surface area contributed by atoms with E-state index in [1.165, 1.54) is 0 Å². The highest BCUT2D eigenvalue weighted by Gasteiger charge is 2.51. The minimum absolute atomic E-state index is 0.142. The number of carboxylic acids is 1. The van der Waals surface area contributed by atoms with Crippen LogP contribution < -0.4 is 16.2 Å². The average molecular weight is 357 g/mol. The first-order valence-electron chi connectivity index (χ1n) is 8.29. The van der Waals surface area contributed by atoms with Crippen LogP contribution in [0, 0.1) is 5.41 Å². The molecule has 3 atom stereocenters. The molecule has 0 radical (unpaired) electrons. The van der Waals surface area contributed by atoms with E-state index >= 15 is 0 Å². The minimum atomic E-state index is -1.52. The molecule has 1 heterocycles. The Morgan fingerprint density at radius 2 is 1.88 bits per heavy atom. The van der Waals surface area contributed by atoms with Crippen molar-refractivity contribution in [1.29, 1.82) is 0 Å². The molecule has 0 spiro atoms. The van der Waals surface area contributed by atoms with E-state index in [0.29, 0.717) is 5.75 Å². The van der Waals surface area contributed by atoms with Crippen LogP contribution in [0.3, 0.4) is 0 Å². The number of hydrogen-bond donors (Lipinski definition) is 3. The van der Waals surface area contributed by atoms with E-state index in [2.05, 4.69) is 4.98 Å². The lowest BCUT2D eigenvalue weighted by molar-refractivity contribution is -0.159. The molecule has 3 unspecified atom stereocenters. The molecular formula is C19H23N3O4. The molecule has 1 aromatic carbocycles. The van der Waals surface area contributed by atoms with Crippen molar-refractivity contribution in [2.45, 2.75) is 32.4 Å². The largest absolute Gasteiger partial charge is 0.478 e. The van der Waals surface area contributed by atoms with Gasteiger partial charge in [-0.3, -0.25) is 9.78 Å². The van der Waals surface area contributed by atoms with Gasteiger partial charge in [-0.1, -0.05) is 13.0 Å². The first kappa shape index (κ1) is 19.4. The van der Waals surface area contributed by atoms with Gasteiger partial charge in [0.25, 0.3) is 0 Å². The number of aromatic nitrogens is 1. The molecule has 0 aliphatic rings. The number of rotatable bonds is 8. The number of nitrogens with two attached hydrogens (primary N) is 2. The highest BCUT2D eigenvalue weighted by atomic mass is 16.5. The van der Waals surface area contributed by atoms with Gasteiger partial charge in [0, 0.05) is 17.8 Å². The molecule has 1 aromatic heterocycles. The van der Waals surface area contributed by atoms with Crippen LogP contribution in [0.1, 0.15) is 20.3 Å². The lowest BCUT2D eigenvalue weighted by Crippen LogP contribution is -2.60. The summed E-state index contributed by atoms with van der Waals surface area (Å²) in [5.41, 5.74) is 11.5. The fourth-order valence-electron chi connectivity index (χ4n) is 3.02. The number of nitrogens with zero attached hydrogens (tertiary/aromatic N) is 1. The van der Waals surface area contributed by atoms with Crippen molar-refractivity contribution < 1.29 is 19.4 Å². The van der Waals surface area contributed by atoms with Gasteiger partial charge in [-0.05, 0) is 49.7 Å². The molecule has 0 aliphatic carbocycles. The summed E-state index contributed by atoms with van der Waals surface area (Å²) >= 11 is 0. The zero-order valence-corrected chi connectivity index (χ0v) is 14.8. The summed E-state index contributed by atoms with van der Waals surface area (Å²) in [6, 6.07) is 11.5. The Kier molecular flexibility index (Phi) is 5.94. The van der Waals surface area contributed by atoms with Crippen molar-refractivity contribution in [3.05, 3.63) is 48.7 Å². The van der Waals surface area contributed by atoms with E-state index in [1.54, 1.807) is 44.3 Å². The molecule has 0 saturated heterocycles. The maximum atomic E-state index is 12.1. The van der Waals surface area contributed by atoms with E-state index in [4.69, 9.17) is 16.2 Å². The molecule has 26 heavy (non-hydrogen) atoms. The number of amides is 1. The predicted molar refractivity (Wildman–Crippen MR) is 97.3 cm³/mol. The summed E-state index contributed by atoms with van der Waals surface area (Å²) in [5.74, 6) is -1.79.